The highest BCUT2D eigenvalue weighted by Crippen LogP contribution is 2.58. The molecule has 0 heteroatoms. The summed E-state index contributed by atoms with van der Waals surface area (Å²) in [7, 11) is 0. The Kier molecular flexibility index (Phi) is 6.03. The van der Waals surface area contributed by atoms with Crippen molar-refractivity contribution in [3.63, 3.8) is 0 Å². The van der Waals surface area contributed by atoms with Gasteiger partial charge in [0.05, 0.1) is 0 Å². The summed E-state index contributed by atoms with van der Waals surface area (Å²) in [5.41, 5.74) is 21.4. The van der Waals surface area contributed by atoms with Gasteiger partial charge >= 0.3 is 0 Å². The smallest absolute Gasteiger partial charge is 0.000834 e. The van der Waals surface area contributed by atoms with Crippen molar-refractivity contribution in [1.82, 2.24) is 0 Å². The van der Waals surface area contributed by atoms with Gasteiger partial charge in [-0.15, -0.1) is 0 Å². The van der Waals surface area contributed by atoms with Gasteiger partial charge < -0.3 is 0 Å². The Morgan fingerprint density at radius 2 is 0.462 bits per heavy atom. The molecule has 0 nitrogen and oxygen atoms in total. The van der Waals surface area contributed by atoms with E-state index in [9.17, 15) is 0 Å². The molecule has 52 heavy (non-hydrogen) atoms. The van der Waals surface area contributed by atoms with Crippen LogP contribution in [-0.4, -0.2) is 0 Å². The number of hydrogen-bond donors (Lipinski definition) is 0. The summed E-state index contributed by atoms with van der Waals surface area (Å²) in [6.07, 6.45) is 0. The zero-order valence-corrected chi connectivity index (χ0v) is 29.9. The van der Waals surface area contributed by atoms with Crippen LogP contribution in [0.25, 0.3) is 110 Å². The van der Waals surface area contributed by atoms with Crippen LogP contribution in [0.2, 0.25) is 0 Å². The van der Waals surface area contributed by atoms with E-state index in [1.807, 2.05) is 0 Å². The summed E-state index contributed by atoms with van der Waals surface area (Å²) in [6.45, 7) is 9.35. The second-order valence-corrected chi connectivity index (χ2v) is 14.9. The molecule has 0 saturated carbocycles. The molecule has 244 valence electrons. The normalized spacial score (nSPS) is 13.6. The van der Waals surface area contributed by atoms with Crippen LogP contribution in [0.3, 0.4) is 0 Å². The quantitative estimate of drug-likeness (QED) is 0.130. The third-order valence-corrected chi connectivity index (χ3v) is 12.4. The topological polar surface area (TPSA) is 0 Å². The van der Waals surface area contributed by atoms with Crippen LogP contribution in [0.5, 0.6) is 0 Å². The lowest BCUT2D eigenvalue weighted by molar-refractivity contribution is 1.60. The fraction of sp³-hybridized carbons (Fsp3) is 0.0769. The maximum atomic E-state index is 2.53. The van der Waals surface area contributed by atoms with Crippen molar-refractivity contribution in [2.24, 2.45) is 0 Å². The molecule has 11 rings (SSSR count). The van der Waals surface area contributed by atoms with Crippen molar-refractivity contribution in [2.45, 2.75) is 27.7 Å². The summed E-state index contributed by atoms with van der Waals surface area (Å²) >= 11 is 0. The second-order valence-electron chi connectivity index (χ2n) is 14.9. The predicted molar refractivity (Wildman–Crippen MR) is 226 cm³/mol. The third-order valence-electron chi connectivity index (χ3n) is 12.4. The first-order valence-corrected chi connectivity index (χ1v) is 18.5. The lowest BCUT2D eigenvalue weighted by atomic mass is 9.79. The molecule has 0 aliphatic heterocycles. The van der Waals surface area contributed by atoms with Crippen LogP contribution in [-0.2, 0) is 0 Å². The molecule has 0 bridgehead atoms. The molecule has 0 saturated heterocycles. The van der Waals surface area contributed by atoms with Gasteiger partial charge in [-0.05, 0) is 184 Å². The van der Waals surface area contributed by atoms with E-state index >= 15 is 0 Å². The van der Waals surface area contributed by atoms with Crippen molar-refractivity contribution in [2.75, 3.05) is 0 Å². The summed E-state index contributed by atoms with van der Waals surface area (Å²) in [5.74, 6) is 0. The number of rotatable bonds is 4. The minimum atomic E-state index is 1.27. The van der Waals surface area contributed by atoms with E-state index in [1.54, 1.807) is 0 Å². The Morgan fingerprint density at radius 3 is 0.673 bits per heavy atom. The highest BCUT2D eigenvalue weighted by Gasteiger charge is 2.33. The monoisotopic (exact) mass is 660 g/mol. The van der Waals surface area contributed by atoms with E-state index in [2.05, 4.69) is 173 Å². The summed E-state index contributed by atoms with van der Waals surface area (Å²) in [4.78, 5) is 0. The van der Waals surface area contributed by atoms with Gasteiger partial charge in [-0.2, -0.15) is 0 Å². The Balaban J connectivity index is 1.45. The number of fused-ring (bicyclic) bond motifs is 2. The summed E-state index contributed by atoms with van der Waals surface area (Å²) < 4.78 is 0. The van der Waals surface area contributed by atoms with E-state index in [-0.39, 0.29) is 0 Å². The van der Waals surface area contributed by atoms with Crippen molar-refractivity contribution in [3.05, 3.63) is 168 Å². The molecular weight excluding hydrogens is 625 g/mol. The second kappa shape index (κ2) is 10.6. The van der Waals surface area contributed by atoms with Gasteiger partial charge in [-0.3, -0.25) is 0 Å². The molecule has 0 spiro atoms. The standard InChI is InChI=1S/C52H36/c1-29-30(2)46-38(34-19-11-6-12-20-34)26-42-44-28-40(36-23-15-8-16-24-36)48-32(4)31(3)47-39(35-21-13-7-14-22-35)27-43(50(44)52(47)48)41-25-37(33-17-9-5-10-18-33)45(29)51(46)49(41)42/h5-28H,1-4H3. The van der Waals surface area contributed by atoms with Crippen molar-refractivity contribution >= 4 is 65.4 Å². The van der Waals surface area contributed by atoms with Crippen LogP contribution in [0, 0.1) is 0 Å². The molecule has 0 amide bonds. The Labute approximate surface area is 304 Å². The Bertz CT molecular complexity index is 2620. The van der Waals surface area contributed by atoms with Gasteiger partial charge in [-0.25, -0.2) is 0 Å². The van der Waals surface area contributed by atoms with Crippen LogP contribution in [0.4, 0.5) is 0 Å². The molecule has 0 aromatic heterocycles. The largest absolute Gasteiger partial charge is 0.0622 e. The molecule has 9 aromatic carbocycles. The molecule has 0 radical (unpaired) electrons. The van der Waals surface area contributed by atoms with Crippen LogP contribution in [0.15, 0.2) is 146 Å². The Morgan fingerprint density at radius 1 is 0.250 bits per heavy atom. The average molecular weight is 661 g/mol. The fourth-order valence-corrected chi connectivity index (χ4v) is 9.81. The first-order valence-electron chi connectivity index (χ1n) is 18.5. The first kappa shape index (κ1) is 29.5. The lowest BCUT2D eigenvalue weighted by Crippen LogP contribution is -1.98. The maximum absolute atomic E-state index is 2.53. The van der Waals surface area contributed by atoms with E-state index in [4.69, 9.17) is 0 Å². The van der Waals surface area contributed by atoms with Crippen molar-refractivity contribution in [3.8, 4) is 44.5 Å². The van der Waals surface area contributed by atoms with Crippen LogP contribution in [0.1, 0.15) is 49.9 Å². The fourth-order valence-electron chi connectivity index (χ4n) is 9.81. The highest BCUT2D eigenvalue weighted by atomic mass is 14.4. The van der Waals surface area contributed by atoms with Gasteiger partial charge in [0.2, 0.25) is 0 Å². The zero-order chi connectivity index (χ0) is 34.8. The van der Waals surface area contributed by atoms with Gasteiger partial charge in [0.1, 0.15) is 0 Å². The van der Waals surface area contributed by atoms with Crippen molar-refractivity contribution < 1.29 is 0 Å². The molecule has 0 N–H and O–H groups in total. The maximum Gasteiger partial charge on any atom is -0.000834 e. The lowest BCUT2D eigenvalue weighted by Gasteiger charge is -2.23. The van der Waals surface area contributed by atoms with Crippen LogP contribution < -0.4 is 0 Å². The summed E-state index contributed by atoms with van der Waals surface area (Å²) in [5, 5.41) is 10.9. The molecule has 0 unspecified atom stereocenters. The summed E-state index contributed by atoms with van der Waals surface area (Å²) in [6, 6.07) is 54.4. The third kappa shape index (κ3) is 3.77. The average Bonchev–Trinajstić information content (AvgIpc) is 3.63. The van der Waals surface area contributed by atoms with E-state index in [1.165, 1.54) is 132 Å². The van der Waals surface area contributed by atoms with Gasteiger partial charge in [0.25, 0.3) is 0 Å². The minimum Gasteiger partial charge on any atom is -0.0622 e. The first-order chi connectivity index (χ1) is 25.5. The number of benzene rings is 9. The molecule has 0 fully saturated rings. The van der Waals surface area contributed by atoms with Gasteiger partial charge in [0, 0.05) is 0 Å². The highest BCUT2D eigenvalue weighted by molar-refractivity contribution is 6.41. The zero-order valence-electron chi connectivity index (χ0n) is 29.9. The number of allylic oxidation sites excluding steroid dienone is 4. The van der Waals surface area contributed by atoms with E-state index in [0.717, 1.165) is 0 Å². The van der Waals surface area contributed by atoms with Crippen molar-refractivity contribution in [1.29, 1.82) is 0 Å². The molecule has 9 aromatic rings. The molecule has 2 aliphatic rings. The van der Waals surface area contributed by atoms with E-state index in [0.29, 0.717) is 0 Å². The molecular formula is C52H36. The van der Waals surface area contributed by atoms with Gasteiger partial charge in [0.15, 0.2) is 0 Å². The number of hydrogen-bond acceptors (Lipinski definition) is 0. The van der Waals surface area contributed by atoms with Crippen LogP contribution >= 0.6 is 0 Å². The predicted octanol–water partition coefficient (Wildman–Crippen LogP) is 14.9. The molecule has 0 atom stereocenters. The minimum absolute atomic E-state index is 1.27. The van der Waals surface area contributed by atoms with E-state index < -0.39 is 0 Å². The molecule has 2 aliphatic carbocycles. The van der Waals surface area contributed by atoms with Gasteiger partial charge in [-0.1, -0.05) is 121 Å². The SMILES string of the molecule is CC1=C(C)c2c(-c3ccccc3)cc3c4cc(-c5ccccc5)c5c6c(c(-c7ccccc7)cc(c7cc(-c8ccccc8)c1c2c73)c64)C(C)=C5C. The Hall–Kier alpha value is -6.24. The molecule has 0 heterocycles.